The largest absolute Gasteiger partial charge is 0.344 e. The van der Waals surface area contributed by atoms with Gasteiger partial charge in [-0.3, -0.25) is 9.59 Å². The number of rotatable bonds is 6. The number of likely N-dealkylation sites (N-methyl/N-ethyl adjacent to an activating group) is 1. The molecule has 2 aromatic heterocycles. The summed E-state index contributed by atoms with van der Waals surface area (Å²) in [5.41, 5.74) is 7.45. The molecule has 0 saturated heterocycles. The molecule has 2 aliphatic rings. The van der Waals surface area contributed by atoms with Crippen LogP contribution in [0.5, 0.6) is 0 Å². The number of aromatic amines is 1. The molecule has 4 heterocycles. The van der Waals surface area contributed by atoms with E-state index in [2.05, 4.69) is 68.7 Å². The zero-order valence-corrected chi connectivity index (χ0v) is 26.1. The Labute approximate surface area is 254 Å². The summed E-state index contributed by atoms with van der Waals surface area (Å²) in [6.45, 7) is 6.55. The van der Waals surface area contributed by atoms with Crippen LogP contribution in [0.3, 0.4) is 0 Å². The molecule has 0 spiro atoms. The van der Waals surface area contributed by atoms with Crippen molar-refractivity contribution in [1.29, 1.82) is 0 Å². The first-order valence-electron chi connectivity index (χ1n) is 14.5. The average molecular weight is 631 g/mol. The Hall–Kier alpha value is -3.76. The summed E-state index contributed by atoms with van der Waals surface area (Å²) in [5.74, 6) is 0.328. The van der Waals surface area contributed by atoms with Gasteiger partial charge in [-0.2, -0.15) is 5.10 Å². The second-order valence-electron chi connectivity index (χ2n) is 11.6. The Morgan fingerprint density at radius 3 is 2.64 bits per heavy atom. The standard InChI is InChI=1S/C32H36BrN7O2/c1-20(2)21-7-9-22(10-8-21)40-26-14-17-39(32(42)23-11-12-24(33)31-30(23)34-19-35-31)27-18-38(16-13-25(36-40)29(26)27)28(41)6-5-15-37(3)4/h5-12,19-20,27H,13-18H2,1-4H3,(H,34,35)/b6-5+/t27-/m1/s1. The number of nitrogens with one attached hydrogen (secondary N) is 1. The first-order valence-corrected chi connectivity index (χ1v) is 15.3. The predicted octanol–water partition coefficient (Wildman–Crippen LogP) is 4.88. The minimum atomic E-state index is -0.310. The molecule has 0 saturated carbocycles. The van der Waals surface area contributed by atoms with Gasteiger partial charge < -0.3 is 19.7 Å². The van der Waals surface area contributed by atoms with Crippen LogP contribution in [-0.4, -0.2) is 86.5 Å². The van der Waals surface area contributed by atoms with Gasteiger partial charge in [-0.1, -0.05) is 32.1 Å². The number of benzene rings is 2. The Balaban J connectivity index is 1.40. The second kappa shape index (κ2) is 11.5. The van der Waals surface area contributed by atoms with Crippen LogP contribution in [-0.2, 0) is 17.6 Å². The van der Waals surface area contributed by atoms with E-state index in [1.54, 1.807) is 12.4 Å². The van der Waals surface area contributed by atoms with Crippen LogP contribution in [0.15, 0.2) is 59.4 Å². The third kappa shape index (κ3) is 5.18. The summed E-state index contributed by atoms with van der Waals surface area (Å²) >= 11 is 3.55. The monoisotopic (exact) mass is 629 g/mol. The van der Waals surface area contributed by atoms with Crippen molar-refractivity contribution in [2.24, 2.45) is 0 Å². The molecule has 10 heteroatoms. The molecule has 0 radical (unpaired) electrons. The maximum atomic E-state index is 14.3. The molecule has 2 aromatic carbocycles. The minimum Gasteiger partial charge on any atom is -0.344 e. The Morgan fingerprint density at radius 1 is 1.12 bits per heavy atom. The molecular formula is C32H36BrN7O2. The van der Waals surface area contributed by atoms with E-state index in [1.807, 2.05) is 47.0 Å². The average Bonchev–Trinajstić information content (AvgIpc) is 3.56. The number of hydrogen-bond donors (Lipinski definition) is 1. The topological polar surface area (TPSA) is 90.4 Å². The number of nitrogens with zero attached hydrogens (tertiary/aromatic N) is 6. The van der Waals surface area contributed by atoms with Gasteiger partial charge in [-0.15, -0.1) is 0 Å². The zero-order chi connectivity index (χ0) is 29.5. The lowest BCUT2D eigenvalue weighted by atomic mass is 9.94. The molecule has 0 unspecified atom stereocenters. The molecule has 218 valence electrons. The first kappa shape index (κ1) is 28.4. The third-order valence-electron chi connectivity index (χ3n) is 8.28. The predicted molar refractivity (Wildman–Crippen MR) is 167 cm³/mol. The normalized spacial score (nSPS) is 17.0. The van der Waals surface area contributed by atoms with Crippen molar-refractivity contribution >= 4 is 38.8 Å². The van der Waals surface area contributed by atoms with Gasteiger partial charge in [0.05, 0.1) is 40.5 Å². The van der Waals surface area contributed by atoms with Crippen LogP contribution in [0.25, 0.3) is 16.7 Å². The highest BCUT2D eigenvalue weighted by atomic mass is 79.9. The van der Waals surface area contributed by atoms with Crippen LogP contribution in [0, 0.1) is 0 Å². The lowest BCUT2D eigenvalue weighted by molar-refractivity contribution is -0.126. The SMILES string of the molecule is CC(C)c1ccc(-n2nc3c4c2CCN(C(=O)c2ccc(Br)c5nc[nH]c25)[C@@H]4CN(C(=O)/C=C/CN(C)C)CC3)cc1. The van der Waals surface area contributed by atoms with Crippen molar-refractivity contribution in [3.05, 3.63) is 87.4 Å². The van der Waals surface area contributed by atoms with E-state index >= 15 is 0 Å². The molecule has 6 rings (SSSR count). The van der Waals surface area contributed by atoms with E-state index in [0.29, 0.717) is 56.0 Å². The molecule has 42 heavy (non-hydrogen) atoms. The van der Waals surface area contributed by atoms with Crippen LogP contribution in [0.4, 0.5) is 0 Å². The highest BCUT2D eigenvalue weighted by Gasteiger charge is 2.40. The van der Waals surface area contributed by atoms with Gasteiger partial charge in [0.25, 0.3) is 5.91 Å². The highest BCUT2D eigenvalue weighted by Crippen LogP contribution is 2.38. The van der Waals surface area contributed by atoms with Gasteiger partial charge in [0.1, 0.15) is 5.52 Å². The van der Waals surface area contributed by atoms with Crippen LogP contribution >= 0.6 is 15.9 Å². The van der Waals surface area contributed by atoms with Crippen LogP contribution < -0.4 is 0 Å². The summed E-state index contributed by atoms with van der Waals surface area (Å²) in [7, 11) is 3.95. The fourth-order valence-electron chi connectivity index (χ4n) is 6.05. The minimum absolute atomic E-state index is 0.0433. The molecule has 9 nitrogen and oxygen atoms in total. The van der Waals surface area contributed by atoms with Gasteiger partial charge in [0.2, 0.25) is 5.91 Å². The molecule has 1 N–H and O–H groups in total. The molecule has 0 fully saturated rings. The fourth-order valence-corrected chi connectivity index (χ4v) is 6.49. The van der Waals surface area contributed by atoms with Gasteiger partial charge in [-0.05, 0) is 65.8 Å². The highest BCUT2D eigenvalue weighted by molar-refractivity contribution is 9.10. The van der Waals surface area contributed by atoms with E-state index in [-0.39, 0.29) is 17.9 Å². The Kier molecular flexibility index (Phi) is 7.76. The lowest BCUT2D eigenvalue weighted by Gasteiger charge is -2.38. The smallest absolute Gasteiger partial charge is 0.256 e. The number of amides is 2. The number of carbonyl (C=O) groups excluding carboxylic acids is 2. The van der Waals surface area contributed by atoms with Gasteiger partial charge in [0.15, 0.2) is 0 Å². The van der Waals surface area contributed by atoms with Crippen molar-refractivity contribution in [2.75, 3.05) is 40.3 Å². The summed E-state index contributed by atoms with van der Waals surface area (Å²) in [6, 6.07) is 12.0. The van der Waals surface area contributed by atoms with E-state index in [1.165, 1.54) is 5.56 Å². The maximum Gasteiger partial charge on any atom is 0.256 e. The molecule has 2 amide bonds. The third-order valence-corrected chi connectivity index (χ3v) is 8.92. The van der Waals surface area contributed by atoms with Crippen molar-refractivity contribution in [3.8, 4) is 5.69 Å². The van der Waals surface area contributed by atoms with Gasteiger partial charge in [-0.25, -0.2) is 9.67 Å². The van der Waals surface area contributed by atoms with Crippen LogP contribution in [0.2, 0.25) is 0 Å². The first-order chi connectivity index (χ1) is 20.2. The van der Waals surface area contributed by atoms with Crippen LogP contribution in [0.1, 0.15) is 58.7 Å². The van der Waals surface area contributed by atoms with Crippen molar-refractivity contribution in [2.45, 2.75) is 38.6 Å². The Bertz CT molecular complexity index is 1670. The summed E-state index contributed by atoms with van der Waals surface area (Å²) in [5, 5.41) is 5.11. The van der Waals surface area contributed by atoms with E-state index in [4.69, 9.17) is 5.10 Å². The number of imidazole rings is 1. The van der Waals surface area contributed by atoms with E-state index in [0.717, 1.165) is 32.6 Å². The number of hydrogen-bond acceptors (Lipinski definition) is 5. The summed E-state index contributed by atoms with van der Waals surface area (Å²) in [4.78, 5) is 41.0. The van der Waals surface area contributed by atoms with Crippen molar-refractivity contribution in [1.82, 2.24) is 34.4 Å². The quantitative estimate of drug-likeness (QED) is 0.307. The molecule has 4 aromatic rings. The number of H-pyrrole nitrogens is 1. The number of fused-ring (bicyclic) bond motifs is 1. The van der Waals surface area contributed by atoms with Gasteiger partial charge >= 0.3 is 0 Å². The molecule has 0 aliphatic carbocycles. The lowest BCUT2D eigenvalue weighted by Crippen LogP contribution is -2.46. The van der Waals surface area contributed by atoms with E-state index in [9.17, 15) is 9.59 Å². The van der Waals surface area contributed by atoms with Crippen molar-refractivity contribution in [3.63, 3.8) is 0 Å². The van der Waals surface area contributed by atoms with E-state index < -0.39 is 0 Å². The number of carbonyl (C=O) groups is 2. The molecule has 0 bridgehead atoms. The fraction of sp³-hybridized carbons (Fsp3) is 0.375. The number of halogens is 1. The molecule has 1 atom stereocenters. The zero-order valence-electron chi connectivity index (χ0n) is 24.5. The summed E-state index contributed by atoms with van der Waals surface area (Å²) in [6.07, 6.45) is 6.46. The molecule has 2 aliphatic heterocycles. The Morgan fingerprint density at radius 2 is 1.90 bits per heavy atom. The number of aromatic nitrogens is 4. The van der Waals surface area contributed by atoms with Gasteiger partial charge in [0, 0.05) is 55.1 Å². The molecular weight excluding hydrogens is 594 g/mol. The second-order valence-corrected chi connectivity index (χ2v) is 12.5. The van der Waals surface area contributed by atoms with Crippen molar-refractivity contribution < 1.29 is 9.59 Å². The maximum absolute atomic E-state index is 14.3. The summed E-state index contributed by atoms with van der Waals surface area (Å²) < 4.78 is 2.89.